The molecule has 0 heterocycles. The highest BCUT2D eigenvalue weighted by atomic mass is 16.5. The fourth-order valence-electron chi connectivity index (χ4n) is 1.03. The predicted molar refractivity (Wildman–Crippen MR) is 47.8 cm³/mol. The van der Waals surface area contributed by atoms with Crippen molar-refractivity contribution in [2.45, 2.75) is 0 Å². The van der Waals surface area contributed by atoms with Gasteiger partial charge in [0.15, 0.2) is 0 Å². The van der Waals surface area contributed by atoms with Gasteiger partial charge in [0.1, 0.15) is 6.61 Å². The molecule has 4 nitrogen and oxygen atoms in total. The number of rotatable bonds is 2. The summed E-state index contributed by atoms with van der Waals surface area (Å²) in [5, 5.41) is 17.4. The normalized spacial score (nSPS) is 9.21. The van der Waals surface area contributed by atoms with Gasteiger partial charge in [-0.2, -0.15) is 5.26 Å². The van der Waals surface area contributed by atoms with Crippen LogP contribution in [-0.2, 0) is 4.74 Å². The minimum atomic E-state index is -0.537. The number of aliphatic hydroxyl groups is 1. The van der Waals surface area contributed by atoms with Gasteiger partial charge < -0.3 is 9.84 Å². The van der Waals surface area contributed by atoms with Crippen molar-refractivity contribution in [3.05, 3.63) is 41.5 Å². The van der Waals surface area contributed by atoms with Crippen molar-refractivity contribution < 1.29 is 14.6 Å². The topological polar surface area (TPSA) is 70.3 Å². The van der Waals surface area contributed by atoms with Crippen LogP contribution in [0.2, 0.25) is 0 Å². The first kappa shape index (κ1) is 10.2. The van der Waals surface area contributed by atoms with Gasteiger partial charge in [0.2, 0.25) is 0 Å². The molecule has 0 saturated carbocycles. The van der Waals surface area contributed by atoms with Crippen LogP contribution in [0.5, 0.6) is 0 Å². The fraction of sp³-hybridized carbons (Fsp3) is 0.100. The fourth-order valence-corrected chi connectivity index (χ4v) is 1.03. The monoisotopic (exact) mass is 190 g/mol. The summed E-state index contributed by atoms with van der Waals surface area (Å²) in [6.07, 6.45) is 0. The number of hydrogen-bond acceptors (Lipinski definition) is 4. The Morgan fingerprint density at radius 1 is 1.57 bits per heavy atom. The molecule has 1 N–H and O–H groups in total. The summed E-state index contributed by atoms with van der Waals surface area (Å²) in [5.74, 6) is -0.537. The van der Waals surface area contributed by atoms with Crippen molar-refractivity contribution in [2.24, 2.45) is 0 Å². The van der Waals surface area contributed by atoms with Crippen LogP contribution in [0.15, 0.2) is 18.2 Å². The maximum absolute atomic E-state index is 11.1. The molecular formula is C10H8NO3. The quantitative estimate of drug-likeness (QED) is 0.712. The first-order valence-corrected chi connectivity index (χ1v) is 3.82. The molecule has 0 atom stereocenters. The minimum Gasteiger partial charge on any atom is -0.465 e. The molecule has 0 bridgehead atoms. The van der Waals surface area contributed by atoms with Crippen molar-refractivity contribution in [1.29, 1.82) is 5.26 Å². The summed E-state index contributed by atoms with van der Waals surface area (Å²) in [6.45, 7) is 0.827. The Kier molecular flexibility index (Phi) is 3.21. The number of carbonyl (C=O) groups is 1. The van der Waals surface area contributed by atoms with Gasteiger partial charge in [0.25, 0.3) is 0 Å². The van der Waals surface area contributed by atoms with Crippen molar-refractivity contribution in [3.63, 3.8) is 0 Å². The number of ether oxygens (including phenoxy) is 1. The van der Waals surface area contributed by atoms with Gasteiger partial charge in [0, 0.05) is 0 Å². The Balaban J connectivity index is 3.19. The van der Waals surface area contributed by atoms with Gasteiger partial charge in [-0.25, -0.2) is 4.79 Å². The van der Waals surface area contributed by atoms with Crippen molar-refractivity contribution in [3.8, 4) is 6.07 Å². The number of benzene rings is 1. The number of hydrogen-bond donors (Lipinski definition) is 1. The van der Waals surface area contributed by atoms with E-state index < -0.39 is 5.97 Å². The second-order valence-corrected chi connectivity index (χ2v) is 2.58. The van der Waals surface area contributed by atoms with E-state index in [4.69, 9.17) is 10.4 Å². The van der Waals surface area contributed by atoms with Gasteiger partial charge in [-0.15, -0.1) is 0 Å². The lowest BCUT2D eigenvalue weighted by atomic mass is 10.1. The van der Waals surface area contributed by atoms with E-state index in [-0.39, 0.29) is 5.56 Å². The zero-order valence-electron chi connectivity index (χ0n) is 7.52. The lowest BCUT2D eigenvalue weighted by molar-refractivity contribution is 0.0600. The summed E-state index contributed by atoms with van der Waals surface area (Å²) in [5.41, 5.74) is 0.935. The molecule has 1 aromatic carbocycles. The molecule has 0 aliphatic heterocycles. The maximum Gasteiger partial charge on any atom is 0.337 e. The van der Waals surface area contributed by atoms with Crippen LogP contribution in [-0.4, -0.2) is 18.2 Å². The zero-order valence-corrected chi connectivity index (χ0v) is 7.52. The van der Waals surface area contributed by atoms with Crippen LogP contribution in [0.3, 0.4) is 0 Å². The number of methoxy groups -OCH3 is 1. The Morgan fingerprint density at radius 3 is 2.79 bits per heavy atom. The molecule has 0 aliphatic rings. The first-order chi connectivity index (χ1) is 6.71. The number of nitriles is 1. The molecular weight excluding hydrogens is 182 g/mol. The van der Waals surface area contributed by atoms with Crippen molar-refractivity contribution in [2.75, 3.05) is 7.11 Å². The number of esters is 1. The van der Waals surface area contributed by atoms with Crippen LogP contribution in [0, 0.1) is 17.9 Å². The molecule has 4 heteroatoms. The smallest absolute Gasteiger partial charge is 0.337 e. The van der Waals surface area contributed by atoms with Crippen molar-refractivity contribution >= 4 is 5.97 Å². The molecule has 1 aromatic rings. The maximum atomic E-state index is 11.1. The van der Waals surface area contributed by atoms with E-state index in [2.05, 4.69) is 4.74 Å². The van der Waals surface area contributed by atoms with E-state index in [1.165, 1.54) is 25.3 Å². The highest BCUT2D eigenvalue weighted by Crippen LogP contribution is 2.11. The molecule has 0 saturated heterocycles. The Bertz CT molecular complexity index is 393. The first-order valence-electron chi connectivity index (χ1n) is 3.82. The summed E-state index contributed by atoms with van der Waals surface area (Å²) < 4.78 is 4.49. The second kappa shape index (κ2) is 4.40. The molecule has 71 valence electrons. The molecule has 0 aliphatic carbocycles. The number of nitrogens with zero attached hydrogens (tertiary/aromatic N) is 1. The summed E-state index contributed by atoms with van der Waals surface area (Å²) in [4.78, 5) is 11.1. The molecule has 0 unspecified atom stereocenters. The zero-order chi connectivity index (χ0) is 10.6. The average Bonchev–Trinajstić information content (AvgIpc) is 2.27. The third-order valence-electron chi connectivity index (χ3n) is 1.65. The van der Waals surface area contributed by atoms with Crippen LogP contribution in [0.25, 0.3) is 0 Å². The lowest BCUT2D eigenvalue weighted by Crippen LogP contribution is -2.02. The van der Waals surface area contributed by atoms with Gasteiger partial charge >= 0.3 is 5.97 Å². The molecule has 0 amide bonds. The standard InChI is InChI=1S/C10H8NO3/c1-14-10(13)9-3-7(5-11)2-8(4-9)6-12/h2-4,6,12H,1H3. The molecule has 0 aromatic heterocycles. The van der Waals surface area contributed by atoms with E-state index in [1.807, 2.05) is 6.07 Å². The van der Waals surface area contributed by atoms with E-state index in [1.54, 1.807) is 0 Å². The highest BCUT2D eigenvalue weighted by Gasteiger charge is 2.08. The SMILES string of the molecule is COC(=O)c1cc(C#N)cc([CH]O)c1. The predicted octanol–water partition coefficient (Wildman–Crippen LogP) is 1.23. The lowest BCUT2D eigenvalue weighted by Gasteiger charge is -2.02. The second-order valence-electron chi connectivity index (χ2n) is 2.58. The number of carbonyl (C=O) groups excluding carboxylic acids is 1. The highest BCUT2D eigenvalue weighted by molar-refractivity contribution is 5.90. The molecule has 0 spiro atoms. The Hall–Kier alpha value is -1.86. The van der Waals surface area contributed by atoms with Crippen LogP contribution in [0.4, 0.5) is 0 Å². The van der Waals surface area contributed by atoms with Gasteiger partial charge in [-0.3, -0.25) is 0 Å². The third kappa shape index (κ3) is 2.09. The third-order valence-corrected chi connectivity index (χ3v) is 1.65. The summed E-state index contributed by atoms with van der Waals surface area (Å²) >= 11 is 0. The molecule has 1 rings (SSSR count). The number of aliphatic hydroxyl groups excluding tert-OH is 1. The van der Waals surface area contributed by atoms with E-state index in [0.717, 1.165) is 6.61 Å². The van der Waals surface area contributed by atoms with Gasteiger partial charge in [-0.05, 0) is 23.8 Å². The van der Waals surface area contributed by atoms with E-state index in [9.17, 15) is 4.79 Å². The largest absolute Gasteiger partial charge is 0.465 e. The average molecular weight is 190 g/mol. The van der Waals surface area contributed by atoms with Crippen LogP contribution in [0.1, 0.15) is 21.5 Å². The van der Waals surface area contributed by atoms with E-state index in [0.29, 0.717) is 11.1 Å². The van der Waals surface area contributed by atoms with E-state index >= 15 is 0 Å². The Labute approximate surface area is 81.4 Å². The minimum absolute atomic E-state index is 0.242. The van der Waals surface area contributed by atoms with Crippen LogP contribution >= 0.6 is 0 Å². The van der Waals surface area contributed by atoms with Gasteiger partial charge in [0.05, 0.1) is 24.3 Å². The molecule has 1 radical (unpaired) electrons. The molecule has 14 heavy (non-hydrogen) atoms. The summed E-state index contributed by atoms with van der Waals surface area (Å²) in [6, 6.07) is 6.19. The van der Waals surface area contributed by atoms with Gasteiger partial charge in [-0.1, -0.05) is 0 Å². The van der Waals surface area contributed by atoms with Crippen LogP contribution < -0.4 is 0 Å². The summed E-state index contributed by atoms with van der Waals surface area (Å²) in [7, 11) is 1.25. The Morgan fingerprint density at radius 2 is 2.29 bits per heavy atom. The molecule has 0 fully saturated rings. The van der Waals surface area contributed by atoms with Crippen molar-refractivity contribution in [1.82, 2.24) is 0 Å².